The van der Waals surface area contributed by atoms with E-state index in [4.69, 9.17) is 4.74 Å². The summed E-state index contributed by atoms with van der Waals surface area (Å²) in [5.41, 5.74) is 1.21. The average Bonchev–Trinajstić information content (AvgIpc) is 2.22. The fraction of sp³-hybridized carbons (Fsp3) is 0.462. The quantitative estimate of drug-likeness (QED) is 0.804. The van der Waals surface area contributed by atoms with Gasteiger partial charge in [0.25, 0.3) is 0 Å². The Morgan fingerprint density at radius 3 is 2.69 bits per heavy atom. The SMILES string of the molecule is CC(=O)SC1CC(OCc2ccccc2)C1. The molecule has 0 atom stereocenters. The molecule has 1 aliphatic rings. The number of rotatable bonds is 4. The zero-order chi connectivity index (χ0) is 11.4. The van der Waals surface area contributed by atoms with Crippen LogP contribution in [0.2, 0.25) is 0 Å². The van der Waals surface area contributed by atoms with Crippen molar-refractivity contribution < 1.29 is 9.53 Å². The summed E-state index contributed by atoms with van der Waals surface area (Å²) in [5, 5.41) is 0.699. The molecule has 1 aromatic rings. The number of benzene rings is 1. The van der Waals surface area contributed by atoms with E-state index >= 15 is 0 Å². The molecular weight excluding hydrogens is 220 g/mol. The second-order valence-corrected chi connectivity index (χ2v) is 5.60. The molecule has 0 spiro atoms. The first-order chi connectivity index (χ1) is 7.74. The van der Waals surface area contributed by atoms with Gasteiger partial charge in [-0.05, 0) is 18.4 Å². The molecule has 1 fully saturated rings. The standard InChI is InChI=1S/C13H16O2S/c1-10(14)16-13-7-12(8-13)15-9-11-5-3-2-4-6-11/h2-6,12-13H,7-9H2,1H3. The van der Waals surface area contributed by atoms with Crippen LogP contribution in [0.5, 0.6) is 0 Å². The van der Waals surface area contributed by atoms with Gasteiger partial charge in [-0.1, -0.05) is 42.1 Å². The van der Waals surface area contributed by atoms with Gasteiger partial charge in [0.2, 0.25) is 0 Å². The molecule has 16 heavy (non-hydrogen) atoms. The summed E-state index contributed by atoms with van der Waals surface area (Å²) in [4.78, 5) is 10.9. The van der Waals surface area contributed by atoms with Gasteiger partial charge in [-0.3, -0.25) is 4.79 Å². The molecule has 86 valence electrons. The number of thioether (sulfide) groups is 1. The monoisotopic (exact) mass is 236 g/mol. The van der Waals surface area contributed by atoms with Crippen molar-refractivity contribution in [3.63, 3.8) is 0 Å². The van der Waals surface area contributed by atoms with E-state index in [-0.39, 0.29) is 5.12 Å². The van der Waals surface area contributed by atoms with Gasteiger partial charge >= 0.3 is 0 Å². The smallest absolute Gasteiger partial charge is 0.186 e. The van der Waals surface area contributed by atoms with Crippen LogP contribution in [0, 0.1) is 0 Å². The van der Waals surface area contributed by atoms with E-state index in [1.165, 1.54) is 17.3 Å². The molecule has 0 aromatic heterocycles. The van der Waals surface area contributed by atoms with Crippen LogP contribution < -0.4 is 0 Å². The lowest BCUT2D eigenvalue weighted by molar-refractivity contribution is -0.109. The van der Waals surface area contributed by atoms with Crippen LogP contribution in [0.1, 0.15) is 25.3 Å². The van der Waals surface area contributed by atoms with E-state index in [0.29, 0.717) is 18.0 Å². The molecule has 0 saturated heterocycles. The second kappa shape index (κ2) is 5.51. The molecule has 1 saturated carbocycles. The minimum atomic E-state index is 0.214. The van der Waals surface area contributed by atoms with Gasteiger partial charge in [-0.25, -0.2) is 0 Å². The largest absolute Gasteiger partial charge is 0.373 e. The van der Waals surface area contributed by atoms with Gasteiger partial charge in [0.05, 0.1) is 12.7 Å². The van der Waals surface area contributed by atoms with Crippen molar-refractivity contribution >= 4 is 16.9 Å². The predicted molar refractivity (Wildman–Crippen MR) is 66.3 cm³/mol. The number of hydrogen-bond acceptors (Lipinski definition) is 3. The zero-order valence-electron chi connectivity index (χ0n) is 9.39. The van der Waals surface area contributed by atoms with E-state index in [2.05, 4.69) is 12.1 Å². The maximum atomic E-state index is 10.9. The Labute approximate surface area is 100 Å². The molecule has 2 nitrogen and oxygen atoms in total. The Kier molecular flexibility index (Phi) is 4.02. The number of carbonyl (C=O) groups excluding carboxylic acids is 1. The first-order valence-electron chi connectivity index (χ1n) is 5.57. The highest BCUT2D eigenvalue weighted by Crippen LogP contribution is 2.34. The zero-order valence-corrected chi connectivity index (χ0v) is 10.2. The Morgan fingerprint density at radius 1 is 1.38 bits per heavy atom. The Bertz CT molecular complexity index is 344. The third-order valence-electron chi connectivity index (χ3n) is 2.71. The van der Waals surface area contributed by atoms with Crippen LogP contribution in [0.3, 0.4) is 0 Å². The molecule has 1 aromatic carbocycles. The van der Waals surface area contributed by atoms with Crippen LogP contribution in [0.4, 0.5) is 0 Å². The summed E-state index contributed by atoms with van der Waals surface area (Å²) in [6, 6.07) is 10.2. The summed E-state index contributed by atoms with van der Waals surface area (Å²) in [6.07, 6.45) is 2.37. The van der Waals surface area contributed by atoms with Crippen molar-refractivity contribution in [2.75, 3.05) is 0 Å². The van der Waals surface area contributed by atoms with Gasteiger partial charge < -0.3 is 4.74 Å². The maximum Gasteiger partial charge on any atom is 0.186 e. The van der Waals surface area contributed by atoms with E-state index in [1.807, 2.05) is 18.2 Å². The van der Waals surface area contributed by atoms with E-state index in [1.54, 1.807) is 6.92 Å². The van der Waals surface area contributed by atoms with Crippen LogP contribution in [-0.4, -0.2) is 16.5 Å². The number of ether oxygens (including phenoxy) is 1. The Balaban J connectivity index is 1.65. The number of carbonyl (C=O) groups is 1. The van der Waals surface area contributed by atoms with Crippen molar-refractivity contribution in [3.05, 3.63) is 35.9 Å². The van der Waals surface area contributed by atoms with Crippen LogP contribution >= 0.6 is 11.8 Å². The maximum absolute atomic E-state index is 10.9. The molecule has 3 heteroatoms. The molecule has 2 rings (SSSR count). The summed E-state index contributed by atoms with van der Waals surface area (Å²) in [7, 11) is 0. The van der Waals surface area contributed by atoms with Gasteiger partial charge in [-0.15, -0.1) is 0 Å². The molecule has 0 radical (unpaired) electrons. The van der Waals surface area contributed by atoms with Gasteiger partial charge in [0, 0.05) is 12.2 Å². The second-order valence-electron chi connectivity index (χ2n) is 4.12. The minimum Gasteiger partial charge on any atom is -0.373 e. The van der Waals surface area contributed by atoms with Gasteiger partial charge in [0.1, 0.15) is 0 Å². The first-order valence-corrected chi connectivity index (χ1v) is 6.45. The van der Waals surface area contributed by atoms with Crippen molar-refractivity contribution in [1.82, 2.24) is 0 Å². The van der Waals surface area contributed by atoms with Gasteiger partial charge in [0.15, 0.2) is 5.12 Å². The van der Waals surface area contributed by atoms with Gasteiger partial charge in [-0.2, -0.15) is 0 Å². The van der Waals surface area contributed by atoms with Crippen molar-refractivity contribution in [1.29, 1.82) is 0 Å². The third-order valence-corrected chi connectivity index (χ3v) is 3.76. The Hall–Kier alpha value is -0.800. The Morgan fingerprint density at radius 2 is 2.06 bits per heavy atom. The highest BCUT2D eigenvalue weighted by Gasteiger charge is 2.31. The molecule has 0 amide bonds. The number of hydrogen-bond donors (Lipinski definition) is 0. The highest BCUT2D eigenvalue weighted by atomic mass is 32.2. The molecule has 1 aliphatic carbocycles. The van der Waals surface area contributed by atoms with Crippen molar-refractivity contribution in [2.45, 2.75) is 37.7 Å². The van der Waals surface area contributed by atoms with Crippen molar-refractivity contribution in [3.8, 4) is 0 Å². The highest BCUT2D eigenvalue weighted by molar-refractivity contribution is 8.14. The normalized spacial score (nSPS) is 23.8. The fourth-order valence-corrected chi connectivity index (χ4v) is 2.86. The average molecular weight is 236 g/mol. The molecule has 0 N–H and O–H groups in total. The van der Waals surface area contributed by atoms with Crippen LogP contribution in [-0.2, 0) is 16.1 Å². The predicted octanol–water partition coefficient (Wildman–Crippen LogP) is 3.01. The van der Waals surface area contributed by atoms with E-state index in [9.17, 15) is 4.79 Å². The molecule has 0 bridgehead atoms. The third kappa shape index (κ3) is 3.35. The van der Waals surface area contributed by atoms with E-state index in [0.717, 1.165) is 12.8 Å². The summed E-state index contributed by atoms with van der Waals surface area (Å²) >= 11 is 1.45. The summed E-state index contributed by atoms with van der Waals surface area (Å²) in [5.74, 6) is 0. The molecule has 0 unspecified atom stereocenters. The molecule has 0 aliphatic heterocycles. The van der Waals surface area contributed by atoms with Crippen molar-refractivity contribution in [2.24, 2.45) is 0 Å². The summed E-state index contributed by atoms with van der Waals surface area (Å²) in [6.45, 7) is 2.31. The van der Waals surface area contributed by atoms with Crippen LogP contribution in [0.25, 0.3) is 0 Å². The van der Waals surface area contributed by atoms with E-state index < -0.39 is 0 Å². The topological polar surface area (TPSA) is 26.3 Å². The lowest BCUT2D eigenvalue weighted by Gasteiger charge is -2.33. The lowest BCUT2D eigenvalue weighted by atomic mass is 9.95. The molecular formula is C13H16O2S. The van der Waals surface area contributed by atoms with Crippen LogP contribution in [0.15, 0.2) is 30.3 Å². The lowest BCUT2D eigenvalue weighted by Crippen LogP contribution is -2.33. The molecule has 0 heterocycles. The first kappa shape index (κ1) is 11.7. The fourth-order valence-electron chi connectivity index (χ4n) is 1.77. The minimum absolute atomic E-state index is 0.214. The summed E-state index contributed by atoms with van der Waals surface area (Å²) < 4.78 is 5.75.